The third-order valence-electron chi connectivity index (χ3n) is 2.19. The zero-order chi connectivity index (χ0) is 11.4. The second-order valence-corrected chi connectivity index (χ2v) is 3.50. The van der Waals surface area contributed by atoms with Gasteiger partial charge in [0, 0.05) is 19.8 Å². The van der Waals surface area contributed by atoms with Gasteiger partial charge in [0.1, 0.15) is 6.61 Å². The monoisotopic (exact) mass is 218 g/mol. The molecule has 0 unspecified atom stereocenters. The van der Waals surface area contributed by atoms with Crippen LogP contribution in [0.1, 0.15) is 11.3 Å². The van der Waals surface area contributed by atoms with E-state index in [1.165, 1.54) is 0 Å². The lowest BCUT2D eigenvalue weighted by atomic mass is 10.2. The van der Waals surface area contributed by atoms with Crippen molar-refractivity contribution in [1.29, 1.82) is 0 Å². The normalized spacial score (nSPS) is 10.4. The summed E-state index contributed by atoms with van der Waals surface area (Å²) in [5, 5.41) is 4.01. The fraction of sp³-hybridized carbons (Fsp3) is 0.273. The molecule has 0 aliphatic carbocycles. The molecule has 2 heterocycles. The van der Waals surface area contributed by atoms with Gasteiger partial charge in [-0.15, -0.1) is 0 Å². The minimum atomic E-state index is 0.441. The molecule has 2 aromatic rings. The molecule has 0 aliphatic heterocycles. The summed E-state index contributed by atoms with van der Waals surface area (Å²) in [5.41, 5.74) is 7.38. The lowest BCUT2D eigenvalue weighted by Gasteiger charge is -2.03. The number of aromatic nitrogens is 3. The summed E-state index contributed by atoms with van der Waals surface area (Å²) < 4.78 is 7.20. The summed E-state index contributed by atoms with van der Waals surface area (Å²) in [6.07, 6.45) is 5.25. The highest BCUT2D eigenvalue weighted by Gasteiger charge is 1.99. The van der Waals surface area contributed by atoms with E-state index in [9.17, 15) is 0 Å². The number of hydrogen-bond acceptors (Lipinski definition) is 4. The van der Waals surface area contributed by atoms with Gasteiger partial charge in [0.2, 0.25) is 0 Å². The van der Waals surface area contributed by atoms with Crippen molar-refractivity contribution in [3.8, 4) is 5.75 Å². The van der Waals surface area contributed by atoms with Crippen molar-refractivity contribution >= 4 is 0 Å². The Morgan fingerprint density at radius 2 is 2.25 bits per heavy atom. The van der Waals surface area contributed by atoms with Crippen LogP contribution in [0.4, 0.5) is 0 Å². The molecule has 0 aromatic carbocycles. The minimum Gasteiger partial charge on any atom is -0.484 e. The first-order valence-electron chi connectivity index (χ1n) is 5.03. The molecular formula is C11H14N4O. The second-order valence-electron chi connectivity index (χ2n) is 3.50. The van der Waals surface area contributed by atoms with E-state index in [0.29, 0.717) is 13.2 Å². The van der Waals surface area contributed by atoms with E-state index in [1.807, 2.05) is 25.4 Å². The molecular weight excluding hydrogens is 204 g/mol. The lowest BCUT2D eigenvalue weighted by molar-refractivity contribution is 0.301. The van der Waals surface area contributed by atoms with Crippen molar-refractivity contribution in [2.24, 2.45) is 12.8 Å². The van der Waals surface area contributed by atoms with Crippen LogP contribution in [0.25, 0.3) is 0 Å². The first-order chi connectivity index (χ1) is 7.78. The summed E-state index contributed by atoms with van der Waals surface area (Å²) in [7, 11) is 1.85. The molecule has 0 aliphatic rings. The van der Waals surface area contributed by atoms with Gasteiger partial charge in [-0.2, -0.15) is 5.10 Å². The predicted octanol–water partition coefficient (Wildman–Crippen LogP) is 0.853. The van der Waals surface area contributed by atoms with Gasteiger partial charge in [0.25, 0.3) is 0 Å². The van der Waals surface area contributed by atoms with Crippen LogP contribution in [0.5, 0.6) is 5.75 Å². The van der Waals surface area contributed by atoms with Gasteiger partial charge in [0.15, 0.2) is 5.75 Å². The van der Waals surface area contributed by atoms with Gasteiger partial charge in [-0.3, -0.25) is 9.67 Å². The number of aryl methyl sites for hydroxylation is 1. The van der Waals surface area contributed by atoms with Gasteiger partial charge < -0.3 is 10.5 Å². The third-order valence-corrected chi connectivity index (χ3v) is 2.19. The fourth-order valence-electron chi connectivity index (χ4n) is 1.29. The predicted molar refractivity (Wildman–Crippen MR) is 59.7 cm³/mol. The molecule has 0 amide bonds. The largest absolute Gasteiger partial charge is 0.484 e. The quantitative estimate of drug-likeness (QED) is 0.826. The third kappa shape index (κ3) is 2.58. The molecule has 5 heteroatoms. The highest BCUT2D eigenvalue weighted by molar-refractivity contribution is 5.15. The standard InChI is InChI=1S/C11H14N4O/c1-15-7-11(6-14-15)16-8-10-3-2-9(4-12)5-13-10/h2-3,5-7H,4,8,12H2,1H3. The molecule has 0 fully saturated rings. The molecule has 16 heavy (non-hydrogen) atoms. The summed E-state index contributed by atoms with van der Waals surface area (Å²) in [6.45, 7) is 0.952. The van der Waals surface area contributed by atoms with Gasteiger partial charge in [0.05, 0.1) is 18.1 Å². The van der Waals surface area contributed by atoms with E-state index < -0.39 is 0 Å². The molecule has 2 rings (SSSR count). The molecule has 0 saturated carbocycles. The maximum absolute atomic E-state index is 5.51. The Morgan fingerprint density at radius 1 is 1.38 bits per heavy atom. The molecule has 0 saturated heterocycles. The minimum absolute atomic E-state index is 0.441. The number of pyridine rings is 1. The Hall–Kier alpha value is -1.88. The second kappa shape index (κ2) is 4.76. The van der Waals surface area contributed by atoms with Gasteiger partial charge in [-0.25, -0.2) is 0 Å². The van der Waals surface area contributed by atoms with Crippen LogP contribution >= 0.6 is 0 Å². The molecule has 84 valence electrons. The number of nitrogens with zero attached hydrogens (tertiary/aromatic N) is 3. The van der Waals surface area contributed by atoms with Gasteiger partial charge in [-0.1, -0.05) is 6.07 Å². The van der Waals surface area contributed by atoms with Crippen molar-refractivity contribution in [3.05, 3.63) is 42.0 Å². The van der Waals surface area contributed by atoms with Crippen LogP contribution in [0, 0.1) is 0 Å². The topological polar surface area (TPSA) is 66.0 Å². The van der Waals surface area contributed by atoms with Crippen LogP contribution < -0.4 is 10.5 Å². The molecule has 0 atom stereocenters. The SMILES string of the molecule is Cn1cc(OCc2ccc(CN)cn2)cn1. The Balaban J connectivity index is 1.94. The molecule has 5 nitrogen and oxygen atoms in total. The van der Waals surface area contributed by atoms with Gasteiger partial charge >= 0.3 is 0 Å². The van der Waals surface area contributed by atoms with E-state index in [0.717, 1.165) is 17.0 Å². The van der Waals surface area contributed by atoms with Crippen LogP contribution in [-0.2, 0) is 20.2 Å². The first-order valence-corrected chi connectivity index (χ1v) is 5.03. The Labute approximate surface area is 93.9 Å². The van der Waals surface area contributed by atoms with Crippen molar-refractivity contribution in [2.45, 2.75) is 13.2 Å². The molecule has 2 aromatic heterocycles. The number of nitrogens with two attached hydrogens (primary N) is 1. The summed E-state index contributed by atoms with van der Waals surface area (Å²) in [5.74, 6) is 0.743. The zero-order valence-corrected chi connectivity index (χ0v) is 9.13. The number of rotatable bonds is 4. The maximum atomic E-state index is 5.51. The molecule has 0 spiro atoms. The van der Waals surface area contributed by atoms with E-state index in [4.69, 9.17) is 10.5 Å². The van der Waals surface area contributed by atoms with Crippen LogP contribution in [0.15, 0.2) is 30.7 Å². The van der Waals surface area contributed by atoms with Crippen molar-refractivity contribution in [2.75, 3.05) is 0 Å². The summed E-state index contributed by atoms with van der Waals surface area (Å²) in [6, 6.07) is 3.87. The first kappa shape index (κ1) is 10.6. The maximum Gasteiger partial charge on any atom is 0.157 e. The molecule has 0 bridgehead atoms. The lowest BCUT2D eigenvalue weighted by Crippen LogP contribution is -2.01. The Bertz CT molecular complexity index is 449. The molecule has 2 N–H and O–H groups in total. The van der Waals surface area contributed by atoms with E-state index in [-0.39, 0.29) is 0 Å². The smallest absolute Gasteiger partial charge is 0.157 e. The highest BCUT2D eigenvalue weighted by atomic mass is 16.5. The summed E-state index contributed by atoms with van der Waals surface area (Å²) in [4.78, 5) is 4.24. The number of ether oxygens (including phenoxy) is 1. The zero-order valence-electron chi connectivity index (χ0n) is 9.13. The number of hydrogen-bond donors (Lipinski definition) is 1. The average molecular weight is 218 g/mol. The molecule has 0 radical (unpaired) electrons. The van der Waals surface area contributed by atoms with Crippen LogP contribution in [0.3, 0.4) is 0 Å². The Kier molecular flexibility index (Phi) is 3.16. The van der Waals surface area contributed by atoms with E-state index >= 15 is 0 Å². The Morgan fingerprint density at radius 3 is 2.81 bits per heavy atom. The van der Waals surface area contributed by atoms with Crippen molar-refractivity contribution in [1.82, 2.24) is 14.8 Å². The van der Waals surface area contributed by atoms with Gasteiger partial charge in [-0.05, 0) is 11.6 Å². The van der Waals surface area contributed by atoms with Crippen LogP contribution in [-0.4, -0.2) is 14.8 Å². The average Bonchev–Trinajstić information content (AvgIpc) is 2.73. The highest BCUT2D eigenvalue weighted by Crippen LogP contribution is 2.09. The fourth-order valence-corrected chi connectivity index (χ4v) is 1.29. The van der Waals surface area contributed by atoms with E-state index in [1.54, 1.807) is 17.1 Å². The van der Waals surface area contributed by atoms with Crippen LogP contribution in [0.2, 0.25) is 0 Å². The van der Waals surface area contributed by atoms with E-state index in [2.05, 4.69) is 10.1 Å². The van der Waals surface area contributed by atoms with Crippen molar-refractivity contribution < 1.29 is 4.74 Å². The summed E-state index contributed by atoms with van der Waals surface area (Å²) >= 11 is 0. The van der Waals surface area contributed by atoms with Crippen molar-refractivity contribution in [3.63, 3.8) is 0 Å².